The summed E-state index contributed by atoms with van der Waals surface area (Å²) < 4.78 is 6.64. The van der Waals surface area contributed by atoms with Crippen LogP contribution in [0.15, 0.2) is 6.07 Å². The Labute approximate surface area is 75.9 Å². The molecule has 0 bridgehead atoms. The zero-order valence-corrected chi connectivity index (χ0v) is 7.81. The van der Waals surface area contributed by atoms with Gasteiger partial charge in [0.1, 0.15) is 0 Å². The highest BCUT2D eigenvalue weighted by atomic mass is 16.5. The monoisotopic (exact) mass is 184 g/mol. The lowest BCUT2D eigenvalue weighted by atomic mass is 10.4. The van der Waals surface area contributed by atoms with Gasteiger partial charge in [-0.3, -0.25) is 0 Å². The van der Waals surface area contributed by atoms with Gasteiger partial charge in [-0.05, 0) is 13.8 Å². The Morgan fingerprint density at radius 2 is 2.38 bits per heavy atom. The third kappa shape index (κ3) is 2.21. The van der Waals surface area contributed by atoms with Crippen molar-refractivity contribution in [1.29, 1.82) is 0 Å². The molecule has 72 valence electrons. The predicted molar refractivity (Wildman–Crippen MR) is 45.7 cm³/mol. The fourth-order valence-electron chi connectivity index (χ4n) is 0.929. The largest absolute Gasteiger partial charge is 0.479 e. The second-order valence-corrected chi connectivity index (χ2v) is 2.85. The summed E-state index contributed by atoms with van der Waals surface area (Å²) >= 11 is 0. The Morgan fingerprint density at radius 3 is 2.77 bits per heavy atom. The smallest absolute Gasteiger partial charge is 0.344 e. The molecular weight excluding hydrogens is 172 g/mol. The standard InChI is InChI=1S/C8H12N2O3/c1-5-4-7(10(3)9-5)13-6(2)8(11)12/h4,6H,1-3H3,(H,11,12). The molecule has 1 aromatic rings. The lowest BCUT2D eigenvalue weighted by molar-refractivity contribution is -0.144. The van der Waals surface area contributed by atoms with Crippen LogP contribution in [0.4, 0.5) is 0 Å². The Morgan fingerprint density at radius 1 is 1.77 bits per heavy atom. The summed E-state index contributed by atoms with van der Waals surface area (Å²) in [5, 5.41) is 12.6. The molecule has 1 N–H and O–H groups in total. The van der Waals surface area contributed by atoms with E-state index in [2.05, 4.69) is 5.10 Å². The van der Waals surface area contributed by atoms with Crippen LogP contribution >= 0.6 is 0 Å². The molecular formula is C8H12N2O3. The molecule has 0 aliphatic heterocycles. The van der Waals surface area contributed by atoms with Gasteiger partial charge in [0.15, 0.2) is 6.10 Å². The van der Waals surface area contributed by atoms with Gasteiger partial charge in [-0.1, -0.05) is 0 Å². The second-order valence-electron chi connectivity index (χ2n) is 2.85. The number of hydrogen-bond donors (Lipinski definition) is 1. The van der Waals surface area contributed by atoms with Gasteiger partial charge in [0.25, 0.3) is 0 Å². The number of rotatable bonds is 3. The van der Waals surface area contributed by atoms with Gasteiger partial charge in [0.05, 0.1) is 5.69 Å². The van der Waals surface area contributed by atoms with Crippen LogP contribution in [0.3, 0.4) is 0 Å². The number of aryl methyl sites for hydroxylation is 2. The normalized spacial score (nSPS) is 12.5. The molecule has 0 saturated heterocycles. The maximum atomic E-state index is 10.5. The molecule has 1 unspecified atom stereocenters. The Bertz CT molecular complexity index is 319. The van der Waals surface area contributed by atoms with Crippen LogP contribution in [-0.4, -0.2) is 27.0 Å². The Balaban J connectivity index is 2.74. The zero-order chi connectivity index (χ0) is 10.0. The zero-order valence-electron chi connectivity index (χ0n) is 7.81. The SMILES string of the molecule is Cc1cc(OC(C)C(=O)O)n(C)n1. The van der Waals surface area contributed by atoms with Gasteiger partial charge in [0.2, 0.25) is 5.88 Å². The fraction of sp³-hybridized carbons (Fsp3) is 0.500. The molecule has 0 spiro atoms. The van der Waals surface area contributed by atoms with Gasteiger partial charge >= 0.3 is 5.97 Å². The van der Waals surface area contributed by atoms with Crippen molar-refractivity contribution in [2.75, 3.05) is 0 Å². The molecule has 0 fully saturated rings. The second kappa shape index (κ2) is 3.47. The van der Waals surface area contributed by atoms with E-state index in [9.17, 15) is 4.79 Å². The molecule has 0 aliphatic rings. The van der Waals surface area contributed by atoms with Crippen LogP contribution < -0.4 is 4.74 Å². The first kappa shape index (κ1) is 9.57. The summed E-state index contributed by atoms with van der Waals surface area (Å²) in [4.78, 5) is 10.5. The molecule has 5 heteroatoms. The van der Waals surface area contributed by atoms with Crippen molar-refractivity contribution in [2.45, 2.75) is 20.0 Å². The summed E-state index contributed by atoms with van der Waals surface area (Å²) in [6.45, 7) is 3.29. The van der Waals surface area contributed by atoms with Gasteiger partial charge in [-0.15, -0.1) is 0 Å². The topological polar surface area (TPSA) is 64.3 Å². The molecule has 5 nitrogen and oxygen atoms in total. The first-order chi connectivity index (χ1) is 6.00. The number of ether oxygens (including phenoxy) is 1. The molecule has 13 heavy (non-hydrogen) atoms. The number of carboxylic acids is 1. The van der Waals surface area contributed by atoms with E-state index in [0.29, 0.717) is 5.88 Å². The van der Waals surface area contributed by atoms with Gasteiger partial charge in [0, 0.05) is 13.1 Å². The highest BCUT2D eigenvalue weighted by molar-refractivity contribution is 5.72. The van der Waals surface area contributed by atoms with Crippen LogP contribution in [0.25, 0.3) is 0 Å². The third-order valence-corrected chi connectivity index (χ3v) is 1.60. The fourth-order valence-corrected chi connectivity index (χ4v) is 0.929. The van der Waals surface area contributed by atoms with Crippen molar-refractivity contribution in [2.24, 2.45) is 7.05 Å². The van der Waals surface area contributed by atoms with Gasteiger partial charge in [-0.25, -0.2) is 9.48 Å². The highest BCUT2D eigenvalue weighted by Crippen LogP contribution is 2.12. The quantitative estimate of drug-likeness (QED) is 0.746. The summed E-state index contributed by atoms with van der Waals surface area (Å²) in [5.74, 6) is -0.522. The Kier molecular flexibility index (Phi) is 2.55. The molecule has 1 aromatic heterocycles. The van der Waals surface area contributed by atoms with Crippen molar-refractivity contribution < 1.29 is 14.6 Å². The maximum absolute atomic E-state index is 10.5. The van der Waals surface area contributed by atoms with Gasteiger partial charge < -0.3 is 9.84 Å². The lowest BCUT2D eigenvalue weighted by Crippen LogP contribution is -2.23. The minimum atomic E-state index is -0.987. The molecule has 0 radical (unpaired) electrons. The number of hydrogen-bond acceptors (Lipinski definition) is 3. The first-order valence-electron chi connectivity index (χ1n) is 3.91. The van der Waals surface area contributed by atoms with Crippen LogP contribution in [-0.2, 0) is 11.8 Å². The molecule has 1 heterocycles. The van der Waals surface area contributed by atoms with Gasteiger partial charge in [-0.2, -0.15) is 5.10 Å². The van der Waals surface area contributed by atoms with E-state index in [1.165, 1.54) is 11.6 Å². The van der Waals surface area contributed by atoms with E-state index < -0.39 is 12.1 Å². The number of nitrogens with zero attached hydrogens (tertiary/aromatic N) is 2. The van der Waals surface area contributed by atoms with E-state index in [0.717, 1.165) is 5.69 Å². The molecule has 0 aliphatic carbocycles. The molecule has 0 saturated carbocycles. The van der Waals surface area contributed by atoms with E-state index in [4.69, 9.17) is 9.84 Å². The molecule has 0 aromatic carbocycles. The average molecular weight is 184 g/mol. The summed E-state index contributed by atoms with van der Waals surface area (Å²) in [6.07, 6.45) is -0.852. The maximum Gasteiger partial charge on any atom is 0.344 e. The third-order valence-electron chi connectivity index (χ3n) is 1.60. The van der Waals surface area contributed by atoms with Crippen molar-refractivity contribution in [3.63, 3.8) is 0 Å². The predicted octanol–water partition coefficient (Wildman–Crippen LogP) is 0.580. The molecule has 1 rings (SSSR count). The average Bonchev–Trinajstić information content (AvgIpc) is 2.30. The van der Waals surface area contributed by atoms with Crippen molar-refractivity contribution in [1.82, 2.24) is 9.78 Å². The van der Waals surface area contributed by atoms with Crippen LogP contribution in [0, 0.1) is 6.92 Å². The Hall–Kier alpha value is -1.52. The minimum Gasteiger partial charge on any atom is -0.479 e. The lowest BCUT2D eigenvalue weighted by Gasteiger charge is -2.08. The number of aromatic nitrogens is 2. The van der Waals surface area contributed by atoms with Crippen molar-refractivity contribution >= 4 is 5.97 Å². The van der Waals surface area contributed by atoms with Crippen LogP contribution in [0.2, 0.25) is 0 Å². The van der Waals surface area contributed by atoms with Crippen molar-refractivity contribution in [3.8, 4) is 5.88 Å². The summed E-state index contributed by atoms with van der Waals surface area (Å²) in [6, 6.07) is 1.69. The van der Waals surface area contributed by atoms with Crippen LogP contribution in [0.5, 0.6) is 5.88 Å². The van der Waals surface area contributed by atoms with E-state index in [1.54, 1.807) is 13.1 Å². The molecule has 0 amide bonds. The van der Waals surface area contributed by atoms with E-state index in [-0.39, 0.29) is 0 Å². The number of carbonyl (C=O) groups is 1. The van der Waals surface area contributed by atoms with Crippen LogP contribution in [0.1, 0.15) is 12.6 Å². The highest BCUT2D eigenvalue weighted by Gasteiger charge is 2.14. The summed E-state index contributed by atoms with van der Waals surface area (Å²) in [5.41, 5.74) is 0.801. The summed E-state index contributed by atoms with van der Waals surface area (Å²) in [7, 11) is 1.71. The van der Waals surface area contributed by atoms with E-state index >= 15 is 0 Å². The van der Waals surface area contributed by atoms with Crippen molar-refractivity contribution in [3.05, 3.63) is 11.8 Å². The first-order valence-corrected chi connectivity index (χ1v) is 3.91. The van der Waals surface area contributed by atoms with E-state index in [1.807, 2.05) is 6.92 Å². The number of aliphatic carboxylic acids is 1. The molecule has 1 atom stereocenters. The number of carboxylic acid groups (broad SMARTS) is 1. The minimum absolute atomic E-state index is 0.465.